The molecule has 2 aliphatic rings. The highest BCUT2D eigenvalue weighted by molar-refractivity contribution is 7.89. The Bertz CT molecular complexity index is 718. The predicted octanol–water partition coefficient (Wildman–Crippen LogP) is 2.21. The average molecular weight is 380 g/mol. The summed E-state index contributed by atoms with van der Waals surface area (Å²) < 4.78 is 27.5. The van der Waals surface area contributed by atoms with Crippen molar-refractivity contribution in [2.24, 2.45) is 5.92 Å². The summed E-state index contributed by atoms with van der Waals surface area (Å²) in [5.74, 6) is 0.840. The standard InChI is InChI=1S/C19H29N3O3S/c1-16-5-2-12-21(15-16)13-4-11-20-26(24,25)18-9-7-17(8-10-18)22-14-3-6-19(22)23/h7-10,16,20H,2-6,11-15H2,1H3. The number of carbonyl (C=O) groups is 1. The summed E-state index contributed by atoms with van der Waals surface area (Å²) in [7, 11) is -3.50. The van der Waals surface area contributed by atoms with Crippen molar-refractivity contribution in [1.82, 2.24) is 9.62 Å². The topological polar surface area (TPSA) is 69.7 Å². The summed E-state index contributed by atoms with van der Waals surface area (Å²) in [6.45, 7) is 6.59. The number of nitrogens with one attached hydrogen (secondary N) is 1. The number of anilines is 1. The number of amides is 1. The van der Waals surface area contributed by atoms with Crippen LogP contribution in [-0.4, -0.2) is 51.9 Å². The monoisotopic (exact) mass is 379 g/mol. The van der Waals surface area contributed by atoms with Crippen molar-refractivity contribution in [2.75, 3.05) is 37.6 Å². The molecule has 7 heteroatoms. The highest BCUT2D eigenvalue weighted by Gasteiger charge is 2.22. The largest absolute Gasteiger partial charge is 0.312 e. The van der Waals surface area contributed by atoms with E-state index in [4.69, 9.17) is 0 Å². The van der Waals surface area contributed by atoms with Crippen LogP contribution >= 0.6 is 0 Å². The van der Waals surface area contributed by atoms with Crippen molar-refractivity contribution in [1.29, 1.82) is 0 Å². The van der Waals surface area contributed by atoms with E-state index in [1.54, 1.807) is 29.2 Å². The number of carbonyl (C=O) groups excluding carboxylic acids is 1. The van der Waals surface area contributed by atoms with Gasteiger partial charge in [0.2, 0.25) is 15.9 Å². The summed E-state index contributed by atoms with van der Waals surface area (Å²) in [5.41, 5.74) is 0.769. The fourth-order valence-corrected chi connectivity index (χ4v) is 4.88. The van der Waals surface area contributed by atoms with Gasteiger partial charge in [-0.1, -0.05) is 6.92 Å². The summed E-state index contributed by atoms with van der Waals surface area (Å²) in [6.07, 6.45) is 4.76. The van der Waals surface area contributed by atoms with E-state index >= 15 is 0 Å². The first kappa shape index (κ1) is 19.3. The van der Waals surface area contributed by atoms with Gasteiger partial charge in [-0.05, 0) is 69.0 Å². The molecule has 1 unspecified atom stereocenters. The molecule has 3 rings (SSSR count). The molecule has 1 aromatic carbocycles. The maximum Gasteiger partial charge on any atom is 0.240 e. The fraction of sp³-hybridized carbons (Fsp3) is 0.632. The highest BCUT2D eigenvalue weighted by atomic mass is 32.2. The Hall–Kier alpha value is -1.44. The summed E-state index contributed by atoms with van der Waals surface area (Å²) in [6, 6.07) is 6.59. The van der Waals surface area contributed by atoms with Gasteiger partial charge in [-0.15, -0.1) is 0 Å². The van der Waals surface area contributed by atoms with E-state index in [1.165, 1.54) is 12.8 Å². The molecule has 6 nitrogen and oxygen atoms in total. The van der Waals surface area contributed by atoms with E-state index < -0.39 is 10.0 Å². The van der Waals surface area contributed by atoms with Crippen molar-refractivity contribution in [3.8, 4) is 0 Å². The number of benzene rings is 1. The number of hydrogen-bond donors (Lipinski definition) is 1. The lowest BCUT2D eigenvalue weighted by Crippen LogP contribution is -2.36. The molecular weight excluding hydrogens is 350 g/mol. The minimum atomic E-state index is -3.50. The van der Waals surface area contributed by atoms with E-state index in [0.29, 0.717) is 19.5 Å². The molecule has 2 fully saturated rings. The van der Waals surface area contributed by atoms with Gasteiger partial charge < -0.3 is 9.80 Å². The van der Waals surface area contributed by atoms with Gasteiger partial charge in [-0.25, -0.2) is 13.1 Å². The van der Waals surface area contributed by atoms with Gasteiger partial charge in [-0.3, -0.25) is 4.79 Å². The third-order valence-electron chi connectivity index (χ3n) is 5.22. The number of likely N-dealkylation sites (tertiary alicyclic amines) is 1. The van der Waals surface area contributed by atoms with Crippen molar-refractivity contribution >= 4 is 21.6 Å². The molecule has 1 atom stereocenters. The van der Waals surface area contributed by atoms with Gasteiger partial charge >= 0.3 is 0 Å². The second-order valence-corrected chi connectivity index (χ2v) is 9.21. The minimum Gasteiger partial charge on any atom is -0.312 e. The Morgan fingerprint density at radius 1 is 1.15 bits per heavy atom. The summed E-state index contributed by atoms with van der Waals surface area (Å²) in [4.78, 5) is 16.2. The van der Waals surface area contributed by atoms with Crippen LogP contribution in [0.2, 0.25) is 0 Å². The molecule has 26 heavy (non-hydrogen) atoms. The number of rotatable bonds is 7. The van der Waals surface area contributed by atoms with E-state index in [0.717, 1.165) is 44.1 Å². The lowest BCUT2D eigenvalue weighted by atomic mass is 10.0. The van der Waals surface area contributed by atoms with E-state index in [1.807, 2.05) is 0 Å². The van der Waals surface area contributed by atoms with Crippen LogP contribution in [0.3, 0.4) is 0 Å². The van der Waals surface area contributed by atoms with E-state index in [2.05, 4.69) is 16.5 Å². The van der Waals surface area contributed by atoms with Crippen LogP contribution in [-0.2, 0) is 14.8 Å². The van der Waals surface area contributed by atoms with Gasteiger partial charge in [0.15, 0.2) is 0 Å². The molecule has 1 aromatic rings. The molecule has 0 aliphatic carbocycles. The van der Waals surface area contributed by atoms with Crippen molar-refractivity contribution in [3.05, 3.63) is 24.3 Å². The van der Waals surface area contributed by atoms with Gasteiger partial charge in [0.05, 0.1) is 4.90 Å². The van der Waals surface area contributed by atoms with E-state index in [9.17, 15) is 13.2 Å². The zero-order valence-electron chi connectivity index (χ0n) is 15.5. The third-order valence-corrected chi connectivity index (χ3v) is 6.69. The number of nitrogens with zero attached hydrogens (tertiary/aromatic N) is 2. The minimum absolute atomic E-state index is 0.103. The van der Waals surface area contributed by atoms with Crippen molar-refractivity contribution in [3.63, 3.8) is 0 Å². The third kappa shape index (κ3) is 4.84. The van der Waals surface area contributed by atoms with Gasteiger partial charge in [0.25, 0.3) is 0 Å². The Kier molecular flexibility index (Phi) is 6.32. The van der Waals surface area contributed by atoms with Crippen LogP contribution in [0.4, 0.5) is 5.69 Å². The summed E-state index contributed by atoms with van der Waals surface area (Å²) in [5, 5.41) is 0. The smallest absolute Gasteiger partial charge is 0.240 e. The quantitative estimate of drug-likeness (QED) is 0.738. The Morgan fingerprint density at radius 2 is 1.92 bits per heavy atom. The molecule has 0 aromatic heterocycles. The van der Waals surface area contributed by atoms with Gasteiger partial charge in [0.1, 0.15) is 0 Å². The zero-order chi connectivity index (χ0) is 18.6. The Morgan fingerprint density at radius 3 is 2.58 bits per heavy atom. The molecule has 0 spiro atoms. The molecule has 0 saturated carbocycles. The first-order valence-electron chi connectivity index (χ1n) is 9.58. The lowest BCUT2D eigenvalue weighted by Gasteiger charge is -2.30. The summed E-state index contributed by atoms with van der Waals surface area (Å²) >= 11 is 0. The number of hydrogen-bond acceptors (Lipinski definition) is 4. The molecular formula is C19H29N3O3S. The molecule has 2 saturated heterocycles. The molecule has 0 bridgehead atoms. The normalized spacial score (nSPS) is 22.1. The second-order valence-electron chi connectivity index (χ2n) is 7.44. The van der Waals surface area contributed by atoms with E-state index in [-0.39, 0.29) is 10.8 Å². The number of piperidine rings is 1. The molecule has 1 N–H and O–H groups in total. The highest BCUT2D eigenvalue weighted by Crippen LogP contribution is 2.23. The fourth-order valence-electron chi connectivity index (χ4n) is 3.81. The molecule has 0 radical (unpaired) electrons. The second kappa shape index (κ2) is 8.50. The van der Waals surface area contributed by atoms with Crippen LogP contribution < -0.4 is 9.62 Å². The molecule has 2 aliphatic heterocycles. The average Bonchev–Trinajstić information content (AvgIpc) is 3.05. The van der Waals surface area contributed by atoms with Crippen LogP contribution in [0.1, 0.15) is 39.0 Å². The molecule has 1 amide bonds. The maximum atomic E-state index is 12.4. The molecule has 2 heterocycles. The Labute approximate surface area is 156 Å². The lowest BCUT2D eigenvalue weighted by molar-refractivity contribution is -0.117. The van der Waals surface area contributed by atoms with Crippen LogP contribution in [0.15, 0.2) is 29.2 Å². The van der Waals surface area contributed by atoms with Gasteiger partial charge in [-0.2, -0.15) is 0 Å². The first-order chi connectivity index (χ1) is 12.5. The van der Waals surface area contributed by atoms with Crippen LogP contribution in [0, 0.1) is 5.92 Å². The molecule has 144 valence electrons. The van der Waals surface area contributed by atoms with Crippen LogP contribution in [0.5, 0.6) is 0 Å². The maximum absolute atomic E-state index is 12.4. The van der Waals surface area contributed by atoms with Crippen molar-refractivity contribution < 1.29 is 13.2 Å². The van der Waals surface area contributed by atoms with Gasteiger partial charge in [0, 0.05) is 31.7 Å². The number of sulfonamides is 1. The Balaban J connectivity index is 1.49. The van der Waals surface area contributed by atoms with Crippen LogP contribution in [0.25, 0.3) is 0 Å². The first-order valence-corrected chi connectivity index (χ1v) is 11.1. The van der Waals surface area contributed by atoms with Crippen molar-refractivity contribution in [2.45, 2.75) is 43.9 Å². The predicted molar refractivity (Wildman–Crippen MR) is 103 cm³/mol. The zero-order valence-corrected chi connectivity index (χ0v) is 16.3. The SMILES string of the molecule is CC1CCCN(CCCNS(=O)(=O)c2ccc(N3CCCC3=O)cc2)C1.